The molecule has 2 aromatic heterocycles. The number of nitrogens with zero attached hydrogens (tertiary/aromatic N) is 2. The summed E-state index contributed by atoms with van der Waals surface area (Å²) in [5.74, 6) is 0.777. The van der Waals surface area contributed by atoms with Crippen LogP contribution in [0.3, 0.4) is 0 Å². The highest BCUT2D eigenvalue weighted by molar-refractivity contribution is 5.70. The van der Waals surface area contributed by atoms with Crippen molar-refractivity contribution in [1.29, 1.82) is 0 Å². The van der Waals surface area contributed by atoms with Gasteiger partial charge < -0.3 is 9.73 Å². The number of aryl methyl sites for hydroxylation is 2. The molecule has 1 N–H and O–H groups in total. The topological polar surface area (TPSA) is 51.0 Å². The van der Waals surface area contributed by atoms with E-state index in [0.29, 0.717) is 0 Å². The summed E-state index contributed by atoms with van der Waals surface area (Å²) < 4.78 is 5.04. The summed E-state index contributed by atoms with van der Waals surface area (Å²) in [7, 11) is 1.84. The molecule has 0 fully saturated rings. The summed E-state index contributed by atoms with van der Waals surface area (Å²) in [6, 6.07) is 1.87. The van der Waals surface area contributed by atoms with E-state index in [0.717, 1.165) is 28.5 Å². The Morgan fingerprint density at radius 1 is 1.20 bits per heavy atom. The molecule has 0 aliphatic carbocycles. The average molecular weight is 203 g/mol. The number of aromatic nitrogens is 2. The van der Waals surface area contributed by atoms with Crippen molar-refractivity contribution in [2.24, 2.45) is 0 Å². The maximum absolute atomic E-state index is 5.04. The number of furan rings is 1. The van der Waals surface area contributed by atoms with Gasteiger partial charge in [0.2, 0.25) is 0 Å². The van der Waals surface area contributed by atoms with Crippen LogP contribution in [0.1, 0.15) is 11.4 Å². The van der Waals surface area contributed by atoms with E-state index < -0.39 is 0 Å². The quantitative estimate of drug-likeness (QED) is 0.814. The summed E-state index contributed by atoms with van der Waals surface area (Å²) in [4.78, 5) is 8.93. The molecule has 2 rings (SSSR count). The van der Waals surface area contributed by atoms with Crippen LogP contribution in [0.5, 0.6) is 0 Å². The van der Waals surface area contributed by atoms with Crippen molar-refractivity contribution < 1.29 is 4.42 Å². The Bertz CT molecular complexity index is 463. The van der Waals surface area contributed by atoms with Gasteiger partial charge >= 0.3 is 0 Å². The molecule has 0 unspecified atom stereocenters. The third-order valence-electron chi connectivity index (χ3n) is 2.34. The molecule has 4 nitrogen and oxygen atoms in total. The van der Waals surface area contributed by atoms with E-state index in [9.17, 15) is 0 Å². The van der Waals surface area contributed by atoms with Gasteiger partial charge in [-0.1, -0.05) is 0 Å². The van der Waals surface area contributed by atoms with Crippen molar-refractivity contribution in [3.63, 3.8) is 0 Å². The first-order valence-electron chi connectivity index (χ1n) is 4.78. The van der Waals surface area contributed by atoms with Crippen LogP contribution in [-0.4, -0.2) is 17.0 Å². The van der Waals surface area contributed by atoms with Gasteiger partial charge in [-0.15, -0.1) is 0 Å². The van der Waals surface area contributed by atoms with Gasteiger partial charge in [0.25, 0.3) is 0 Å². The molecule has 78 valence electrons. The predicted molar refractivity (Wildman–Crippen MR) is 58.8 cm³/mol. The van der Waals surface area contributed by atoms with E-state index in [4.69, 9.17) is 4.42 Å². The van der Waals surface area contributed by atoms with Crippen molar-refractivity contribution in [2.75, 3.05) is 12.4 Å². The van der Waals surface area contributed by atoms with Crippen molar-refractivity contribution in [2.45, 2.75) is 13.8 Å². The van der Waals surface area contributed by atoms with E-state index in [1.54, 1.807) is 12.5 Å². The highest BCUT2D eigenvalue weighted by Gasteiger charge is 2.10. The molecule has 0 radical (unpaired) electrons. The van der Waals surface area contributed by atoms with Crippen LogP contribution >= 0.6 is 0 Å². The summed E-state index contributed by atoms with van der Waals surface area (Å²) in [5, 5.41) is 3.04. The Labute approximate surface area is 88.4 Å². The normalized spacial score (nSPS) is 10.3. The monoisotopic (exact) mass is 203 g/mol. The van der Waals surface area contributed by atoms with Gasteiger partial charge in [0.1, 0.15) is 5.69 Å². The fraction of sp³-hybridized carbons (Fsp3) is 0.273. The lowest BCUT2D eigenvalue weighted by atomic mass is 10.2. The number of anilines is 1. The highest BCUT2D eigenvalue weighted by atomic mass is 16.3. The van der Waals surface area contributed by atoms with E-state index >= 15 is 0 Å². The lowest BCUT2D eigenvalue weighted by molar-refractivity contribution is 0.568. The summed E-state index contributed by atoms with van der Waals surface area (Å²) in [5.41, 5.74) is 3.64. The zero-order chi connectivity index (χ0) is 10.8. The Morgan fingerprint density at radius 3 is 2.53 bits per heavy atom. The maximum Gasteiger partial charge on any atom is 0.152 e. The first-order chi connectivity index (χ1) is 7.22. The molecule has 15 heavy (non-hydrogen) atoms. The second-order valence-corrected chi connectivity index (χ2v) is 3.35. The van der Waals surface area contributed by atoms with Crippen LogP contribution in [0.2, 0.25) is 0 Å². The molecule has 0 aromatic carbocycles. The number of nitrogens with one attached hydrogen (secondary N) is 1. The molecule has 2 aromatic rings. The molecule has 0 amide bonds. The lowest BCUT2D eigenvalue weighted by Gasteiger charge is -2.08. The molecule has 0 aliphatic heterocycles. The van der Waals surface area contributed by atoms with E-state index in [1.807, 2.05) is 27.0 Å². The van der Waals surface area contributed by atoms with Crippen LogP contribution < -0.4 is 5.32 Å². The van der Waals surface area contributed by atoms with Crippen LogP contribution in [-0.2, 0) is 0 Å². The first kappa shape index (κ1) is 9.71. The smallest absolute Gasteiger partial charge is 0.152 e. The average Bonchev–Trinajstić information content (AvgIpc) is 2.74. The van der Waals surface area contributed by atoms with Crippen LogP contribution in [0.4, 0.5) is 5.82 Å². The highest BCUT2D eigenvalue weighted by Crippen LogP contribution is 2.25. The molecular formula is C11H13N3O. The Hall–Kier alpha value is -1.84. The minimum Gasteiger partial charge on any atom is -0.472 e. The summed E-state index contributed by atoms with van der Waals surface area (Å²) in [6.45, 7) is 3.90. The largest absolute Gasteiger partial charge is 0.472 e. The molecule has 0 bridgehead atoms. The summed E-state index contributed by atoms with van der Waals surface area (Å²) >= 11 is 0. The number of rotatable bonds is 2. The van der Waals surface area contributed by atoms with Gasteiger partial charge in [-0.3, -0.25) is 0 Å². The summed E-state index contributed by atoms with van der Waals surface area (Å²) in [6.07, 6.45) is 3.30. The van der Waals surface area contributed by atoms with Crippen LogP contribution in [0.25, 0.3) is 11.3 Å². The molecular weight excluding hydrogens is 190 g/mol. The van der Waals surface area contributed by atoms with Gasteiger partial charge in [-0.05, 0) is 19.9 Å². The fourth-order valence-corrected chi connectivity index (χ4v) is 1.38. The van der Waals surface area contributed by atoms with E-state index in [2.05, 4.69) is 15.3 Å². The lowest BCUT2D eigenvalue weighted by Crippen LogP contribution is -2.02. The van der Waals surface area contributed by atoms with E-state index in [1.165, 1.54) is 0 Å². The van der Waals surface area contributed by atoms with Gasteiger partial charge in [-0.25, -0.2) is 9.97 Å². The molecule has 0 saturated heterocycles. The SMILES string of the molecule is CNc1nc(C)c(C)nc1-c1ccoc1. The minimum atomic E-state index is 0.777. The fourth-order valence-electron chi connectivity index (χ4n) is 1.38. The van der Waals surface area contributed by atoms with Crippen molar-refractivity contribution in [3.05, 3.63) is 30.0 Å². The maximum atomic E-state index is 5.04. The molecule has 0 saturated carbocycles. The third-order valence-corrected chi connectivity index (χ3v) is 2.34. The molecule has 2 heterocycles. The molecule has 4 heteroatoms. The zero-order valence-corrected chi connectivity index (χ0v) is 9.03. The van der Waals surface area contributed by atoms with Gasteiger partial charge in [-0.2, -0.15) is 0 Å². The van der Waals surface area contributed by atoms with Crippen molar-refractivity contribution in [1.82, 2.24) is 9.97 Å². The van der Waals surface area contributed by atoms with Crippen molar-refractivity contribution in [3.8, 4) is 11.3 Å². The standard InChI is InChI=1S/C11H13N3O/c1-7-8(2)14-11(12-3)10(13-7)9-4-5-15-6-9/h4-6H,1-3H3,(H,12,14). The van der Waals surface area contributed by atoms with Crippen LogP contribution in [0.15, 0.2) is 23.0 Å². The minimum absolute atomic E-state index is 0.777. The first-order valence-corrected chi connectivity index (χ1v) is 4.78. The second-order valence-electron chi connectivity index (χ2n) is 3.35. The van der Waals surface area contributed by atoms with Crippen LogP contribution in [0, 0.1) is 13.8 Å². The molecule has 0 aliphatic rings. The van der Waals surface area contributed by atoms with Crippen molar-refractivity contribution >= 4 is 5.82 Å². The van der Waals surface area contributed by atoms with E-state index in [-0.39, 0.29) is 0 Å². The van der Waals surface area contributed by atoms with Gasteiger partial charge in [0.15, 0.2) is 5.82 Å². The Morgan fingerprint density at radius 2 is 1.93 bits per heavy atom. The Balaban J connectivity index is 2.60. The third kappa shape index (κ3) is 1.70. The molecule has 0 spiro atoms. The Kier molecular flexibility index (Phi) is 2.41. The molecule has 0 atom stereocenters. The zero-order valence-electron chi connectivity index (χ0n) is 9.03. The van der Waals surface area contributed by atoms with Gasteiger partial charge in [0.05, 0.1) is 23.9 Å². The second kappa shape index (κ2) is 3.73. The predicted octanol–water partition coefficient (Wildman–Crippen LogP) is 2.40. The number of hydrogen-bond donors (Lipinski definition) is 1. The van der Waals surface area contributed by atoms with Gasteiger partial charge in [0, 0.05) is 12.6 Å². The number of hydrogen-bond acceptors (Lipinski definition) is 4.